The Hall–Kier alpha value is -2.71. The first-order valence-electron chi connectivity index (χ1n) is 14.6. The zero-order valence-electron chi connectivity index (χ0n) is 23.6. The van der Waals surface area contributed by atoms with E-state index in [1.807, 2.05) is 12.1 Å². The average Bonchev–Trinajstić information content (AvgIpc) is 3.72. The number of fused-ring (bicyclic) bond motifs is 2. The molecule has 1 amide bonds. The molecule has 3 aliphatic rings. The highest BCUT2D eigenvalue weighted by atomic mass is 35.5. The Kier molecular flexibility index (Phi) is 8.22. The van der Waals surface area contributed by atoms with Crippen LogP contribution in [0.25, 0.3) is 0 Å². The zero-order valence-corrected chi connectivity index (χ0v) is 25.2. The molecule has 1 saturated heterocycles. The number of carbonyl (C=O) groups excluding carboxylic acids is 1. The van der Waals surface area contributed by atoms with Gasteiger partial charge in [0.15, 0.2) is 0 Å². The van der Waals surface area contributed by atoms with E-state index in [2.05, 4.69) is 10.2 Å². The summed E-state index contributed by atoms with van der Waals surface area (Å²) < 4.78 is 34.3. The highest BCUT2D eigenvalue weighted by Crippen LogP contribution is 2.54. The third-order valence-corrected chi connectivity index (χ3v) is 9.65. The lowest BCUT2D eigenvalue weighted by molar-refractivity contribution is -0.139. The SMILES string of the molecule is CN(Cc1ccc(F)cc1)C(=O)C(CCCN1CCC2(CC1)OC1(CC1)Nc1ccc(F)cc12)c1ccc(Cl)c(Cl)c1. The predicted octanol–water partition coefficient (Wildman–Crippen LogP) is 7.72. The van der Waals surface area contributed by atoms with E-state index in [1.165, 1.54) is 18.2 Å². The number of benzene rings is 3. The van der Waals surface area contributed by atoms with Gasteiger partial charge in [-0.25, -0.2) is 8.78 Å². The standard InChI is InChI=1S/C33H35Cl2F2N3O2/c1-39(21-22-4-7-24(36)8-5-22)31(41)26(23-6-10-28(34)29(35)19-23)3-2-16-40-17-14-32(15-18-40)27-20-25(37)9-11-30(27)38-33(42-32)12-13-33/h4-11,19-20,26,38H,2-3,12-18,21H2,1H3. The fraction of sp³-hybridized carbons (Fsp3) is 0.424. The van der Waals surface area contributed by atoms with Crippen LogP contribution in [-0.4, -0.2) is 48.1 Å². The van der Waals surface area contributed by atoms with E-state index in [1.54, 1.807) is 42.3 Å². The molecule has 42 heavy (non-hydrogen) atoms. The van der Waals surface area contributed by atoms with Gasteiger partial charge >= 0.3 is 0 Å². The van der Waals surface area contributed by atoms with Crippen molar-refractivity contribution in [3.8, 4) is 0 Å². The molecule has 9 heteroatoms. The summed E-state index contributed by atoms with van der Waals surface area (Å²) in [6.07, 6.45) is 4.98. The maximum Gasteiger partial charge on any atom is 0.230 e. The predicted molar refractivity (Wildman–Crippen MR) is 162 cm³/mol. The summed E-state index contributed by atoms with van der Waals surface area (Å²) in [7, 11) is 1.77. The fourth-order valence-electron chi connectivity index (χ4n) is 6.44. The third kappa shape index (κ3) is 6.16. The molecule has 1 atom stereocenters. The van der Waals surface area contributed by atoms with Crippen LogP contribution in [0.2, 0.25) is 10.0 Å². The van der Waals surface area contributed by atoms with Crippen molar-refractivity contribution in [3.05, 3.63) is 99.0 Å². The second kappa shape index (κ2) is 11.8. The van der Waals surface area contributed by atoms with Crippen molar-refractivity contribution in [1.29, 1.82) is 0 Å². The highest BCUT2D eigenvalue weighted by molar-refractivity contribution is 6.42. The van der Waals surface area contributed by atoms with Crippen LogP contribution < -0.4 is 5.32 Å². The van der Waals surface area contributed by atoms with Crippen LogP contribution in [0.15, 0.2) is 60.7 Å². The summed E-state index contributed by atoms with van der Waals surface area (Å²) in [4.78, 5) is 17.8. The molecule has 0 radical (unpaired) electrons. The number of ether oxygens (including phenoxy) is 1. The summed E-state index contributed by atoms with van der Waals surface area (Å²) in [5.74, 6) is -0.958. The van der Waals surface area contributed by atoms with E-state index in [-0.39, 0.29) is 23.3 Å². The normalized spacial score (nSPS) is 19.3. The maximum atomic E-state index is 14.3. The summed E-state index contributed by atoms with van der Waals surface area (Å²) in [6, 6.07) is 16.6. The second-order valence-corrected chi connectivity index (χ2v) is 12.8. The minimum Gasteiger partial charge on any atom is -0.357 e. The number of nitrogens with one attached hydrogen (secondary N) is 1. The zero-order chi connectivity index (χ0) is 29.5. The van der Waals surface area contributed by atoms with Crippen molar-refractivity contribution in [3.63, 3.8) is 0 Å². The Morgan fingerprint density at radius 1 is 0.976 bits per heavy atom. The minimum atomic E-state index is -0.475. The molecule has 2 fully saturated rings. The lowest BCUT2D eigenvalue weighted by atomic mass is 9.81. The molecule has 2 aliphatic heterocycles. The molecular weight excluding hydrogens is 579 g/mol. The number of hydrogen-bond acceptors (Lipinski definition) is 4. The first-order valence-corrected chi connectivity index (χ1v) is 15.4. The van der Waals surface area contributed by atoms with Crippen LogP contribution >= 0.6 is 23.2 Å². The maximum absolute atomic E-state index is 14.3. The average molecular weight is 615 g/mol. The van der Waals surface area contributed by atoms with Crippen molar-refractivity contribution in [1.82, 2.24) is 9.80 Å². The third-order valence-electron chi connectivity index (χ3n) is 8.91. The number of halogens is 4. The number of anilines is 1. The molecule has 222 valence electrons. The van der Waals surface area contributed by atoms with E-state index < -0.39 is 11.5 Å². The van der Waals surface area contributed by atoms with Crippen molar-refractivity contribution >= 4 is 34.8 Å². The molecular formula is C33H35Cl2F2N3O2. The van der Waals surface area contributed by atoms with Gasteiger partial charge in [-0.1, -0.05) is 41.4 Å². The van der Waals surface area contributed by atoms with Crippen molar-refractivity contribution < 1.29 is 18.3 Å². The van der Waals surface area contributed by atoms with Crippen LogP contribution in [-0.2, 0) is 21.7 Å². The van der Waals surface area contributed by atoms with Crippen molar-refractivity contribution in [2.45, 2.75) is 62.3 Å². The highest BCUT2D eigenvalue weighted by Gasteiger charge is 2.55. The van der Waals surface area contributed by atoms with Crippen LogP contribution in [0, 0.1) is 11.6 Å². The molecule has 3 aromatic rings. The lowest BCUT2D eigenvalue weighted by Gasteiger charge is -2.48. The van der Waals surface area contributed by atoms with Crippen molar-refractivity contribution in [2.75, 3.05) is 32.0 Å². The van der Waals surface area contributed by atoms with Gasteiger partial charge < -0.3 is 19.9 Å². The van der Waals surface area contributed by atoms with E-state index in [0.717, 1.165) is 74.1 Å². The topological polar surface area (TPSA) is 44.8 Å². The summed E-state index contributed by atoms with van der Waals surface area (Å²) in [5.41, 5.74) is 2.82. The van der Waals surface area contributed by atoms with Crippen molar-refractivity contribution in [2.24, 2.45) is 0 Å². The molecule has 3 aromatic carbocycles. The van der Waals surface area contributed by atoms with Gasteiger partial charge in [0, 0.05) is 37.9 Å². The second-order valence-electron chi connectivity index (χ2n) is 11.9. The van der Waals surface area contributed by atoms with Crippen LogP contribution in [0.4, 0.5) is 14.5 Å². The van der Waals surface area contributed by atoms with Gasteiger partial charge in [0.2, 0.25) is 5.91 Å². The van der Waals surface area contributed by atoms with Crippen LogP contribution in [0.5, 0.6) is 0 Å². The molecule has 2 heterocycles. The van der Waals surface area contributed by atoms with Gasteiger partial charge in [0.05, 0.1) is 16.0 Å². The lowest BCUT2D eigenvalue weighted by Crippen LogP contribution is -2.51. The molecule has 2 spiro atoms. The number of amides is 1. The van der Waals surface area contributed by atoms with Gasteiger partial charge in [-0.3, -0.25) is 4.79 Å². The quantitative estimate of drug-likeness (QED) is 0.282. The van der Waals surface area contributed by atoms with E-state index in [4.69, 9.17) is 27.9 Å². The summed E-state index contributed by atoms with van der Waals surface area (Å²) in [5, 5.41) is 4.36. The molecule has 1 aliphatic carbocycles. The van der Waals surface area contributed by atoms with Gasteiger partial charge in [-0.05, 0) is 98.7 Å². The van der Waals surface area contributed by atoms with Gasteiger partial charge in [-0.15, -0.1) is 0 Å². The number of piperidine rings is 1. The molecule has 6 rings (SSSR count). The first kappa shape index (κ1) is 29.4. The smallest absolute Gasteiger partial charge is 0.230 e. The van der Waals surface area contributed by atoms with E-state index in [9.17, 15) is 13.6 Å². The Balaban J connectivity index is 1.11. The van der Waals surface area contributed by atoms with Gasteiger partial charge in [0.25, 0.3) is 0 Å². The Morgan fingerprint density at radius 2 is 1.69 bits per heavy atom. The molecule has 1 unspecified atom stereocenters. The number of rotatable bonds is 8. The fourth-order valence-corrected chi connectivity index (χ4v) is 6.75. The van der Waals surface area contributed by atoms with E-state index >= 15 is 0 Å². The minimum absolute atomic E-state index is 0.0215. The molecule has 0 bridgehead atoms. The Bertz CT molecular complexity index is 1460. The van der Waals surface area contributed by atoms with E-state index in [0.29, 0.717) is 23.0 Å². The Morgan fingerprint density at radius 3 is 2.38 bits per heavy atom. The van der Waals surface area contributed by atoms with Crippen LogP contribution in [0.3, 0.4) is 0 Å². The molecule has 0 aromatic heterocycles. The number of hydrogen-bond donors (Lipinski definition) is 1. The summed E-state index contributed by atoms with van der Waals surface area (Å²) >= 11 is 12.5. The van der Waals surface area contributed by atoms with Gasteiger partial charge in [0.1, 0.15) is 23.0 Å². The largest absolute Gasteiger partial charge is 0.357 e. The summed E-state index contributed by atoms with van der Waals surface area (Å²) in [6.45, 7) is 2.88. The molecule has 5 nitrogen and oxygen atoms in total. The first-order chi connectivity index (χ1) is 20.2. The number of likely N-dealkylation sites (N-methyl/N-ethyl adjacent to an activating group) is 1. The molecule has 1 saturated carbocycles. The number of nitrogens with zero attached hydrogens (tertiary/aromatic N) is 2. The van der Waals surface area contributed by atoms with Gasteiger partial charge in [-0.2, -0.15) is 0 Å². The molecule has 1 N–H and O–H groups in total. The van der Waals surface area contributed by atoms with Crippen LogP contribution in [0.1, 0.15) is 61.1 Å². The Labute approximate surface area is 255 Å². The number of carbonyl (C=O) groups is 1. The number of likely N-dealkylation sites (tertiary alicyclic amines) is 1. The monoisotopic (exact) mass is 613 g/mol.